The largest absolute Gasteiger partial charge is 0.480 e. The third-order valence-electron chi connectivity index (χ3n) is 4.76. The Bertz CT molecular complexity index is 922. The van der Waals surface area contributed by atoms with Crippen LogP contribution >= 0.6 is 23.1 Å². The second kappa shape index (κ2) is 9.41. The maximum Gasteiger partial charge on any atom is 0.325 e. The Morgan fingerprint density at radius 3 is 2.66 bits per heavy atom. The van der Waals surface area contributed by atoms with Crippen LogP contribution in [0.3, 0.4) is 0 Å². The highest BCUT2D eigenvalue weighted by Gasteiger charge is 2.26. The van der Waals surface area contributed by atoms with Gasteiger partial charge >= 0.3 is 12.0 Å². The number of carbonyl (C=O) groups excluding carboxylic acids is 2. The fourth-order valence-electron chi connectivity index (χ4n) is 3.23. The van der Waals surface area contributed by atoms with Crippen molar-refractivity contribution in [2.75, 3.05) is 10.6 Å². The number of nitrogens with one attached hydrogen (secondary N) is 2. The third-order valence-corrected chi connectivity index (χ3v) is 6.90. The van der Waals surface area contributed by atoms with Crippen molar-refractivity contribution < 1.29 is 19.5 Å². The van der Waals surface area contributed by atoms with Crippen molar-refractivity contribution in [3.05, 3.63) is 35.5 Å². The summed E-state index contributed by atoms with van der Waals surface area (Å²) in [4.78, 5) is 40.4. The van der Waals surface area contributed by atoms with Crippen molar-refractivity contribution >= 4 is 51.7 Å². The van der Waals surface area contributed by atoms with Crippen molar-refractivity contribution in [2.24, 2.45) is 5.92 Å². The Hall–Kier alpha value is -2.39. The van der Waals surface area contributed by atoms with Crippen LogP contribution < -0.4 is 10.6 Å². The van der Waals surface area contributed by atoms with Gasteiger partial charge in [-0.3, -0.25) is 14.9 Å². The van der Waals surface area contributed by atoms with E-state index in [1.54, 1.807) is 13.0 Å². The Kier molecular flexibility index (Phi) is 6.92. The van der Waals surface area contributed by atoms with E-state index in [-0.39, 0.29) is 11.7 Å². The number of urea groups is 1. The van der Waals surface area contributed by atoms with Crippen molar-refractivity contribution in [1.29, 1.82) is 0 Å². The minimum absolute atomic E-state index is 0.0233. The zero-order chi connectivity index (χ0) is 21.0. The molecule has 7 nitrogen and oxygen atoms in total. The second-order valence-electron chi connectivity index (χ2n) is 7.06. The van der Waals surface area contributed by atoms with Gasteiger partial charge < -0.3 is 10.4 Å². The number of Topliss-reactive ketones (excluding diaryl/α,β-unsaturated/α-hetero) is 1. The number of ketones is 1. The van der Waals surface area contributed by atoms with Crippen LogP contribution in [0.1, 0.15) is 48.5 Å². The topological polar surface area (TPSA) is 108 Å². The lowest BCUT2D eigenvalue weighted by molar-refractivity contribution is -0.136. The molecule has 2 amide bonds. The number of carbonyl (C=O) groups is 3. The van der Waals surface area contributed by atoms with Crippen molar-refractivity contribution in [2.45, 2.75) is 49.0 Å². The number of nitrogens with zero attached hydrogens (tertiary/aromatic N) is 1. The van der Waals surface area contributed by atoms with Crippen LogP contribution in [-0.2, 0) is 4.79 Å². The Labute approximate surface area is 177 Å². The molecule has 1 unspecified atom stereocenters. The molecule has 1 aromatic heterocycles. The average molecular weight is 434 g/mol. The average Bonchev–Trinajstić information content (AvgIpc) is 3.34. The number of aliphatic carboxylic acids is 1. The zero-order valence-electron chi connectivity index (χ0n) is 16.2. The number of thioether (sulfide) groups is 1. The number of anilines is 2. The smallest absolute Gasteiger partial charge is 0.325 e. The maximum absolute atomic E-state index is 12.9. The van der Waals surface area contributed by atoms with E-state index in [0.29, 0.717) is 20.6 Å². The lowest BCUT2D eigenvalue weighted by atomic mass is 9.94. The van der Waals surface area contributed by atoms with E-state index in [9.17, 15) is 14.4 Å². The van der Waals surface area contributed by atoms with Gasteiger partial charge in [0.05, 0.1) is 16.1 Å². The number of aromatic nitrogens is 1. The normalized spacial score (nSPS) is 15.1. The minimum Gasteiger partial charge on any atom is -0.480 e. The summed E-state index contributed by atoms with van der Waals surface area (Å²) >= 11 is 2.37. The summed E-state index contributed by atoms with van der Waals surface area (Å²) in [5.41, 5.74) is 1.99. The first-order chi connectivity index (χ1) is 13.8. The molecular formula is C20H23N3O4S2. The molecule has 1 saturated carbocycles. The Morgan fingerprint density at radius 1 is 1.24 bits per heavy atom. The molecule has 0 bridgehead atoms. The lowest BCUT2D eigenvalue weighted by Gasteiger charge is -2.14. The minimum atomic E-state index is -0.908. The summed E-state index contributed by atoms with van der Waals surface area (Å²) in [6.45, 7) is 3.51. The number of amides is 2. The summed E-state index contributed by atoms with van der Waals surface area (Å²) in [6, 6.07) is 4.93. The van der Waals surface area contributed by atoms with Crippen molar-refractivity contribution in [3.63, 3.8) is 0 Å². The first-order valence-electron chi connectivity index (χ1n) is 9.41. The number of benzene rings is 1. The number of hydrogen-bond acceptors (Lipinski definition) is 6. The number of carboxylic acids is 1. The van der Waals surface area contributed by atoms with Gasteiger partial charge in [0.1, 0.15) is 5.25 Å². The number of hydrogen-bond donors (Lipinski definition) is 3. The summed E-state index contributed by atoms with van der Waals surface area (Å²) in [6.07, 6.45) is 5.46. The molecular weight excluding hydrogens is 410 g/mol. The molecule has 9 heteroatoms. The summed E-state index contributed by atoms with van der Waals surface area (Å²) < 4.78 is 0.697. The second-order valence-corrected chi connectivity index (χ2v) is 9.73. The van der Waals surface area contributed by atoms with Gasteiger partial charge in [0.15, 0.2) is 10.9 Å². The van der Waals surface area contributed by atoms with Crippen LogP contribution in [0.5, 0.6) is 0 Å². The van der Waals surface area contributed by atoms with E-state index in [0.717, 1.165) is 31.2 Å². The molecule has 1 aliphatic carbocycles. The maximum atomic E-state index is 12.9. The quantitative estimate of drug-likeness (QED) is 0.417. The predicted octanol–water partition coefficient (Wildman–Crippen LogP) is 5.03. The molecule has 3 N–H and O–H groups in total. The van der Waals surface area contributed by atoms with Gasteiger partial charge in [0, 0.05) is 11.5 Å². The standard InChI is InChI=1S/C20H23N3O4S2/c1-11-7-8-15(14(9-11)17(24)13-5-3-4-6-13)22-19(27)23-20-21-10-16(29-20)28-12(2)18(25)26/h7-10,12-13H,3-6H2,1-2H3,(H,25,26)(H2,21,22,23,27). The van der Waals surface area contributed by atoms with Crippen LogP contribution in [-0.4, -0.2) is 33.1 Å². The molecule has 1 fully saturated rings. The fourth-order valence-corrected chi connectivity index (χ4v) is 5.20. The van der Waals surface area contributed by atoms with Crippen LogP contribution in [0.15, 0.2) is 28.6 Å². The first-order valence-corrected chi connectivity index (χ1v) is 11.1. The molecule has 0 radical (unpaired) electrons. The van der Waals surface area contributed by atoms with Gasteiger partial charge in [-0.1, -0.05) is 47.6 Å². The number of carboxylic acid groups (broad SMARTS) is 1. The van der Waals surface area contributed by atoms with E-state index in [4.69, 9.17) is 5.11 Å². The number of aryl methyl sites for hydroxylation is 1. The predicted molar refractivity (Wildman–Crippen MR) is 115 cm³/mol. The van der Waals surface area contributed by atoms with Crippen LogP contribution in [0.2, 0.25) is 0 Å². The molecule has 3 rings (SSSR count). The molecule has 1 aliphatic rings. The molecule has 1 atom stereocenters. The van der Waals surface area contributed by atoms with E-state index >= 15 is 0 Å². The lowest BCUT2D eigenvalue weighted by Crippen LogP contribution is -2.22. The van der Waals surface area contributed by atoms with Crippen LogP contribution in [0.25, 0.3) is 0 Å². The van der Waals surface area contributed by atoms with Gasteiger partial charge in [-0.05, 0) is 38.8 Å². The van der Waals surface area contributed by atoms with Gasteiger partial charge in [-0.25, -0.2) is 9.78 Å². The molecule has 29 heavy (non-hydrogen) atoms. The number of thiazole rings is 1. The highest BCUT2D eigenvalue weighted by Crippen LogP contribution is 2.32. The molecule has 0 saturated heterocycles. The van der Waals surface area contributed by atoms with Gasteiger partial charge in [-0.15, -0.1) is 0 Å². The van der Waals surface area contributed by atoms with E-state index in [1.807, 2.05) is 19.1 Å². The SMILES string of the molecule is Cc1ccc(NC(=O)Nc2ncc(SC(C)C(=O)O)s2)c(C(=O)C2CCCC2)c1. The summed E-state index contributed by atoms with van der Waals surface area (Å²) in [5.74, 6) is -0.804. The molecule has 1 heterocycles. The number of rotatable bonds is 7. The van der Waals surface area contributed by atoms with Crippen molar-refractivity contribution in [3.8, 4) is 0 Å². The van der Waals surface area contributed by atoms with Crippen LogP contribution in [0, 0.1) is 12.8 Å². The summed E-state index contributed by atoms with van der Waals surface area (Å²) in [7, 11) is 0. The highest BCUT2D eigenvalue weighted by atomic mass is 32.2. The zero-order valence-corrected chi connectivity index (χ0v) is 17.9. The fraction of sp³-hybridized carbons (Fsp3) is 0.400. The molecule has 154 valence electrons. The Balaban J connectivity index is 1.67. The van der Waals surface area contributed by atoms with Gasteiger partial charge in [-0.2, -0.15) is 0 Å². The first kappa shape index (κ1) is 21.3. The van der Waals surface area contributed by atoms with Crippen molar-refractivity contribution in [1.82, 2.24) is 4.98 Å². The summed E-state index contributed by atoms with van der Waals surface area (Å²) in [5, 5.41) is 14.1. The highest BCUT2D eigenvalue weighted by molar-refractivity contribution is 8.02. The molecule has 0 spiro atoms. The monoisotopic (exact) mass is 433 g/mol. The van der Waals surface area contributed by atoms with Gasteiger partial charge in [0.25, 0.3) is 0 Å². The molecule has 0 aliphatic heterocycles. The van der Waals surface area contributed by atoms with Crippen LogP contribution in [0.4, 0.5) is 15.6 Å². The molecule has 1 aromatic carbocycles. The van der Waals surface area contributed by atoms with E-state index in [1.165, 1.54) is 29.3 Å². The molecule has 2 aromatic rings. The van der Waals surface area contributed by atoms with E-state index < -0.39 is 17.3 Å². The Morgan fingerprint density at radius 2 is 1.97 bits per heavy atom. The van der Waals surface area contributed by atoms with Gasteiger partial charge in [0.2, 0.25) is 0 Å². The van der Waals surface area contributed by atoms with E-state index in [2.05, 4.69) is 15.6 Å². The third kappa shape index (κ3) is 5.57.